The summed E-state index contributed by atoms with van der Waals surface area (Å²) in [5.74, 6) is -0.659. The van der Waals surface area contributed by atoms with Crippen molar-refractivity contribution in [2.75, 3.05) is 0 Å². The Hall–Kier alpha value is -0.380. The minimum Gasteiger partial charge on any atom is -0.481 e. The van der Waals surface area contributed by atoms with E-state index in [1.54, 1.807) is 0 Å². The fourth-order valence-corrected chi connectivity index (χ4v) is 1.59. The number of hydrogen-bond donors (Lipinski definition) is 3. The van der Waals surface area contributed by atoms with E-state index in [0.717, 1.165) is 12.8 Å². The number of carbonyl (C=O) groups is 1. The summed E-state index contributed by atoms with van der Waals surface area (Å²) in [5.41, 5.74) is 0. The van der Waals surface area contributed by atoms with Crippen LogP contribution >= 0.6 is 8.25 Å². The van der Waals surface area contributed by atoms with E-state index < -0.39 is 14.2 Å². The largest absolute Gasteiger partial charge is 0.481 e. The third kappa shape index (κ3) is 29.6. The van der Waals surface area contributed by atoms with Gasteiger partial charge in [0.05, 0.1) is 0 Å². The molecule has 0 aliphatic rings. The van der Waals surface area contributed by atoms with Crippen LogP contribution in [0.5, 0.6) is 0 Å². The van der Waals surface area contributed by atoms with Gasteiger partial charge in [0.15, 0.2) is 0 Å². The highest BCUT2D eigenvalue weighted by atomic mass is 31.1. The Morgan fingerprint density at radius 2 is 1.22 bits per heavy atom. The van der Waals surface area contributed by atoms with Gasteiger partial charge in [-0.05, 0) is 6.42 Å². The molecular formula is C12H27O5P. The molecule has 0 aliphatic carbocycles. The molecule has 0 aliphatic heterocycles. The van der Waals surface area contributed by atoms with E-state index >= 15 is 0 Å². The van der Waals surface area contributed by atoms with Gasteiger partial charge in [-0.25, -0.2) is 0 Å². The highest BCUT2D eigenvalue weighted by Gasteiger charge is 1.96. The lowest BCUT2D eigenvalue weighted by Crippen LogP contribution is -1.93. The number of carboxylic acid groups (broad SMARTS) is 1. The molecule has 3 N–H and O–H groups in total. The standard InChI is InChI=1S/C12H24O2.H3O3P/c1-2-3-4-5-6-7-8-9-10-11-12(13)14;1-4(2)3/h2-11H2,1H3,(H,13,14);4H,(H2,1,2,3). The zero-order valence-corrected chi connectivity index (χ0v) is 12.2. The first kappa shape index (κ1) is 19.9. The first-order chi connectivity index (χ1) is 8.50. The fourth-order valence-electron chi connectivity index (χ4n) is 1.59. The molecule has 110 valence electrons. The summed E-state index contributed by atoms with van der Waals surface area (Å²) in [6.07, 6.45) is 11.5. The zero-order chi connectivity index (χ0) is 14.2. The minimum absolute atomic E-state index is 0.343. The van der Waals surface area contributed by atoms with Gasteiger partial charge >= 0.3 is 14.2 Å². The summed E-state index contributed by atoms with van der Waals surface area (Å²) in [5, 5.41) is 8.41. The smallest absolute Gasteiger partial charge is 0.314 e. The van der Waals surface area contributed by atoms with Gasteiger partial charge < -0.3 is 14.9 Å². The predicted octanol–water partition coefficient (Wildman–Crippen LogP) is 3.35. The summed E-state index contributed by atoms with van der Waals surface area (Å²) in [4.78, 5) is 24.5. The Morgan fingerprint density at radius 1 is 0.889 bits per heavy atom. The average Bonchev–Trinajstić information content (AvgIpc) is 2.26. The normalized spacial score (nSPS) is 10.0. The predicted molar refractivity (Wildman–Crippen MR) is 72.9 cm³/mol. The van der Waals surface area contributed by atoms with Crippen LogP contribution in [0.25, 0.3) is 0 Å². The van der Waals surface area contributed by atoms with Crippen LogP contribution in [-0.2, 0) is 9.36 Å². The van der Waals surface area contributed by atoms with Gasteiger partial charge in [-0.1, -0.05) is 58.3 Å². The Balaban J connectivity index is 0. The van der Waals surface area contributed by atoms with E-state index in [9.17, 15) is 4.79 Å². The molecule has 0 radical (unpaired) electrons. The van der Waals surface area contributed by atoms with Crippen LogP contribution in [0.4, 0.5) is 0 Å². The molecule has 0 saturated heterocycles. The Bertz CT molecular complexity index is 205. The second-order valence-corrected chi connectivity index (χ2v) is 4.82. The van der Waals surface area contributed by atoms with Gasteiger partial charge in [-0.2, -0.15) is 0 Å². The van der Waals surface area contributed by atoms with Crippen LogP contribution in [0.15, 0.2) is 0 Å². The molecule has 6 heteroatoms. The van der Waals surface area contributed by atoms with Gasteiger partial charge in [0.1, 0.15) is 0 Å². The number of hydrogen-bond acceptors (Lipinski definition) is 2. The van der Waals surface area contributed by atoms with Crippen LogP contribution in [0.3, 0.4) is 0 Å². The lowest BCUT2D eigenvalue weighted by Gasteiger charge is -2.00. The first-order valence-corrected chi connectivity index (χ1v) is 7.94. The Kier molecular flexibility index (Phi) is 18.4. The molecule has 0 atom stereocenters. The van der Waals surface area contributed by atoms with Crippen LogP contribution < -0.4 is 0 Å². The summed E-state index contributed by atoms with van der Waals surface area (Å²) in [6.45, 7) is 2.23. The van der Waals surface area contributed by atoms with Crippen molar-refractivity contribution < 1.29 is 24.3 Å². The van der Waals surface area contributed by atoms with Gasteiger partial charge in [0.2, 0.25) is 0 Å². The summed E-state index contributed by atoms with van der Waals surface area (Å²) < 4.78 is 8.74. The Morgan fingerprint density at radius 3 is 1.56 bits per heavy atom. The fraction of sp³-hybridized carbons (Fsp3) is 0.917. The Labute approximate surface area is 110 Å². The highest BCUT2D eigenvalue weighted by Crippen LogP contribution is 2.10. The minimum atomic E-state index is -3.13. The molecule has 0 rings (SSSR count). The van der Waals surface area contributed by atoms with Crippen molar-refractivity contribution in [3.8, 4) is 0 Å². The van der Waals surface area contributed by atoms with Gasteiger partial charge in [-0.3, -0.25) is 9.36 Å². The van der Waals surface area contributed by atoms with Gasteiger partial charge in [0, 0.05) is 6.42 Å². The summed E-state index contributed by atoms with van der Waals surface area (Å²) in [7, 11) is -3.13. The molecule has 0 spiro atoms. The molecule has 0 aromatic heterocycles. The van der Waals surface area contributed by atoms with Crippen molar-refractivity contribution >= 4 is 14.2 Å². The highest BCUT2D eigenvalue weighted by molar-refractivity contribution is 7.30. The second-order valence-electron chi connectivity index (χ2n) is 4.25. The number of rotatable bonds is 10. The van der Waals surface area contributed by atoms with E-state index in [2.05, 4.69) is 6.92 Å². The topological polar surface area (TPSA) is 94.8 Å². The van der Waals surface area contributed by atoms with E-state index in [4.69, 9.17) is 19.5 Å². The van der Waals surface area contributed by atoms with Crippen molar-refractivity contribution in [1.82, 2.24) is 0 Å². The van der Waals surface area contributed by atoms with Crippen molar-refractivity contribution in [3.05, 3.63) is 0 Å². The maximum Gasteiger partial charge on any atom is 0.314 e. The monoisotopic (exact) mass is 282 g/mol. The van der Waals surface area contributed by atoms with Crippen LogP contribution in [-0.4, -0.2) is 20.9 Å². The number of carboxylic acids is 1. The quantitative estimate of drug-likeness (QED) is 0.422. The number of unbranched alkanes of at least 4 members (excludes halogenated alkanes) is 8. The third-order valence-electron chi connectivity index (χ3n) is 2.49. The number of aliphatic carboxylic acids is 1. The third-order valence-corrected chi connectivity index (χ3v) is 2.49. The molecule has 0 heterocycles. The van der Waals surface area contributed by atoms with Crippen LogP contribution in [0.1, 0.15) is 71.1 Å². The lowest BCUT2D eigenvalue weighted by atomic mass is 10.1. The summed E-state index contributed by atoms with van der Waals surface area (Å²) in [6, 6.07) is 0. The van der Waals surface area contributed by atoms with Gasteiger partial charge in [0.25, 0.3) is 0 Å². The van der Waals surface area contributed by atoms with Crippen molar-refractivity contribution in [3.63, 3.8) is 0 Å². The molecule has 5 nitrogen and oxygen atoms in total. The summed E-state index contributed by atoms with van der Waals surface area (Å²) >= 11 is 0. The molecule has 0 aromatic rings. The van der Waals surface area contributed by atoms with Crippen molar-refractivity contribution in [2.45, 2.75) is 71.1 Å². The van der Waals surface area contributed by atoms with Crippen molar-refractivity contribution in [1.29, 1.82) is 0 Å². The average molecular weight is 282 g/mol. The van der Waals surface area contributed by atoms with Crippen molar-refractivity contribution in [2.24, 2.45) is 0 Å². The second kappa shape index (κ2) is 16.6. The van der Waals surface area contributed by atoms with Crippen LogP contribution in [0, 0.1) is 0 Å². The molecule has 0 fully saturated rings. The molecule has 18 heavy (non-hydrogen) atoms. The molecule has 0 bridgehead atoms. The van der Waals surface area contributed by atoms with E-state index in [1.165, 1.54) is 44.9 Å². The molecule has 0 aromatic carbocycles. The molecule has 0 saturated carbocycles. The molecule has 0 amide bonds. The van der Waals surface area contributed by atoms with E-state index in [1.807, 2.05) is 0 Å². The first-order valence-electron chi connectivity index (χ1n) is 6.64. The molecule has 0 unspecified atom stereocenters. The zero-order valence-electron chi connectivity index (χ0n) is 11.2. The maximum absolute atomic E-state index is 10.2. The lowest BCUT2D eigenvalue weighted by molar-refractivity contribution is -0.137. The van der Waals surface area contributed by atoms with E-state index in [0.29, 0.717) is 6.42 Å². The van der Waals surface area contributed by atoms with E-state index in [-0.39, 0.29) is 0 Å². The van der Waals surface area contributed by atoms with Crippen LogP contribution in [0.2, 0.25) is 0 Å². The SMILES string of the molecule is CCCCCCCCCCCC(=O)O.O=[PH](O)O. The molecular weight excluding hydrogens is 255 g/mol. The maximum atomic E-state index is 10.2. The van der Waals surface area contributed by atoms with Gasteiger partial charge in [-0.15, -0.1) is 0 Å².